The van der Waals surface area contributed by atoms with Crippen LogP contribution in [0.5, 0.6) is 5.75 Å². The van der Waals surface area contributed by atoms with Gasteiger partial charge in [0.25, 0.3) is 10.4 Å². The molecule has 1 aromatic carbocycles. The average molecular weight is 402 g/mol. The van der Waals surface area contributed by atoms with Crippen molar-refractivity contribution < 1.29 is 57.3 Å². The predicted octanol–water partition coefficient (Wildman–Crippen LogP) is -0.250. The normalized spacial score (nSPS) is 41.2. The van der Waals surface area contributed by atoms with E-state index in [0.717, 1.165) is 5.56 Å². The predicted molar refractivity (Wildman–Crippen MR) is 95.2 cm³/mol. The maximum Gasteiger partial charge on any atom is 1.00 e. The van der Waals surface area contributed by atoms with Crippen LogP contribution in [-0.2, 0) is 16.8 Å². The molecular weight excluding hydrogens is 375 g/mol. The molecule has 0 unspecified atom stereocenters. The summed E-state index contributed by atoms with van der Waals surface area (Å²) in [6.45, 7) is 1.86. The van der Waals surface area contributed by atoms with Crippen molar-refractivity contribution in [3.63, 3.8) is 0 Å². The molecule has 0 radical (unpaired) electrons. The minimum atomic E-state index is -5.10. The summed E-state index contributed by atoms with van der Waals surface area (Å²) in [4.78, 5) is 0. The van der Waals surface area contributed by atoms with Gasteiger partial charge in [-0.15, -0.1) is 6.42 Å². The maximum absolute atomic E-state index is 11.1. The second-order valence-corrected chi connectivity index (χ2v) is 8.76. The summed E-state index contributed by atoms with van der Waals surface area (Å²) >= 11 is 0. The molecule has 5 atom stereocenters. The Morgan fingerprint density at radius 3 is 2.89 bits per heavy atom. The van der Waals surface area contributed by atoms with Gasteiger partial charge in [0.2, 0.25) is 0 Å². The van der Waals surface area contributed by atoms with Gasteiger partial charge in [-0.2, -0.15) is 0 Å². The Hall–Kier alpha value is -0.550. The third kappa shape index (κ3) is 3.37. The van der Waals surface area contributed by atoms with Gasteiger partial charge in [0.05, 0.1) is 2.74 Å². The summed E-state index contributed by atoms with van der Waals surface area (Å²) < 4.78 is 70.6. The largest absolute Gasteiger partial charge is 1.00 e. The first-order valence-corrected chi connectivity index (χ1v) is 10.1. The van der Waals surface area contributed by atoms with E-state index in [2.05, 4.69) is 10.1 Å². The third-order valence-corrected chi connectivity index (χ3v) is 7.09. The summed E-state index contributed by atoms with van der Waals surface area (Å²) in [5, 5.41) is 11.1. The van der Waals surface area contributed by atoms with Crippen molar-refractivity contribution in [3.05, 3.63) is 29.3 Å². The molecule has 27 heavy (non-hydrogen) atoms. The molecule has 4 rings (SSSR count). The van der Waals surface area contributed by atoms with Crippen LogP contribution in [0, 0.1) is 29.6 Å². The van der Waals surface area contributed by atoms with E-state index in [-0.39, 0.29) is 65.8 Å². The van der Waals surface area contributed by atoms with E-state index < -0.39 is 33.5 Å². The van der Waals surface area contributed by atoms with Crippen LogP contribution in [0.4, 0.5) is 0 Å². The Morgan fingerprint density at radius 1 is 1.48 bits per heavy atom. The van der Waals surface area contributed by atoms with Crippen LogP contribution in [0.3, 0.4) is 0 Å². The van der Waals surface area contributed by atoms with Crippen LogP contribution >= 0.6 is 0 Å². The van der Waals surface area contributed by atoms with Gasteiger partial charge < -0.3 is 13.8 Å². The number of terminal acetylenes is 1. The van der Waals surface area contributed by atoms with Crippen molar-refractivity contribution >= 4 is 10.4 Å². The SMILES string of the molecule is [2H]c1cc2c(c([2H])c1OS(=O)(=O)[O-])CC[C@@H]1[C@@H]2CC[C@@]2(C)[C@H]1CC([2H])([2H])[C@@]2(O)C#C.[Na+]. The first-order chi connectivity index (χ1) is 13.8. The van der Waals surface area contributed by atoms with Crippen LogP contribution in [0.25, 0.3) is 0 Å². The fourth-order valence-corrected chi connectivity index (χ4v) is 5.66. The molecule has 3 aliphatic carbocycles. The first-order valence-electron chi connectivity index (χ1n) is 10.7. The topological polar surface area (TPSA) is 86.7 Å². The molecular formula is C20H23NaO5S. The van der Waals surface area contributed by atoms with Gasteiger partial charge in [0.15, 0.2) is 0 Å². The van der Waals surface area contributed by atoms with E-state index in [4.69, 9.17) is 11.9 Å². The summed E-state index contributed by atoms with van der Waals surface area (Å²) in [5.74, 6) is 1.59. The summed E-state index contributed by atoms with van der Waals surface area (Å²) in [6.07, 6.45) is 5.94. The van der Waals surface area contributed by atoms with Gasteiger partial charge in [-0.05, 0) is 79.4 Å². The second kappa shape index (κ2) is 7.05. The van der Waals surface area contributed by atoms with Crippen molar-refractivity contribution in [1.82, 2.24) is 0 Å². The minimum absolute atomic E-state index is 0. The van der Waals surface area contributed by atoms with Gasteiger partial charge in [0.1, 0.15) is 11.4 Å². The van der Waals surface area contributed by atoms with Crippen LogP contribution < -0.4 is 33.7 Å². The standard InChI is InChI=1S/C20H24O5S.Na/c1-3-20(21)11-9-18-17-6-4-13-12-14(25-26(22,23)24)5-7-15(13)16(17)8-10-19(18,20)2;/h1,5,7,12,16-18,21H,4,6,8-11H2,2H3,(H,22,23,24);/q;+1/p-1/t16-,17-,18+,19+,20+;/m1./s1/i5D,11D2,12D;. The molecule has 1 aromatic rings. The molecule has 140 valence electrons. The van der Waals surface area contributed by atoms with Crippen molar-refractivity contribution in [2.75, 3.05) is 0 Å². The Kier molecular flexibility index (Phi) is 4.25. The molecule has 0 aliphatic heterocycles. The van der Waals surface area contributed by atoms with Crippen LogP contribution in [-0.4, -0.2) is 23.7 Å². The molecule has 7 heteroatoms. The van der Waals surface area contributed by atoms with Gasteiger partial charge in [0, 0.05) is 8.16 Å². The number of aliphatic hydroxyl groups is 1. The molecule has 1 N–H and O–H groups in total. The second-order valence-electron chi connectivity index (χ2n) is 7.78. The summed E-state index contributed by atoms with van der Waals surface area (Å²) in [5.41, 5.74) is -1.34. The molecule has 0 amide bonds. The van der Waals surface area contributed by atoms with Crippen LogP contribution in [0.1, 0.15) is 61.5 Å². The van der Waals surface area contributed by atoms with Gasteiger partial charge >= 0.3 is 29.6 Å². The Morgan fingerprint density at radius 2 is 2.22 bits per heavy atom. The smallest absolute Gasteiger partial charge is 0.716 e. The van der Waals surface area contributed by atoms with Crippen LogP contribution in [0.2, 0.25) is 0 Å². The van der Waals surface area contributed by atoms with Gasteiger partial charge in [-0.1, -0.05) is 18.9 Å². The zero-order valence-electron chi connectivity index (χ0n) is 19.4. The van der Waals surface area contributed by atoms with Gasteiger partial charge in [-0.3, -0.25) is 0 Å². The minimum Gasteiger partial charge on any atom is -0.716 e. The monoisotopic (exact) mass is 402 g/mol. The Bertz CT molecular complexity index is 1070. The van der Waals surface area contributed by atoms with E-state index >= 15 is 0 Å². The van der Waals surface area contributed by atoms with E-state index in [0.29, 0.717) is 31.2 Å². The quantitative estimate of drug-likeness (QED) is 0.319. The fraction of sp³-hybridized carbons (Fsp3) is 0.600. The average Bonchev–Trinajstić information content (AvgIpc) is 2.81. The molecule has 3 aliphatic rings. The number of hydrogen-bond donors (Lipinski definition) is 1. The number of benzene rings is 1. The molecule has 0 saturated heterocycles. The fourth-order valence-electron chi connectivity index (χ4n) is 5.37. The molecule has 0 spiro atoms. The summed E-state index contributed by atoms with van der Waals surface area (Å²) in [7, 11) is -5.10. The van der Waals surface area contributed by atoms with Crippen molar-refractivity contribution in [3.8, 4) is 18.1 Å². The van der Waals surface area contributed by atoms with E-state index in [1.54, 1.807) is 0 Å². The van der Waals surface area contributed by atoms with Gasteiger partial charge in [-0.25, -0.2) is 8.42 Å². The maximum atomic E-state index is 11.1. The molecule has 2 fully saturated rings. The molecule has 0 aromatic heterocycles. The van der Waals surface area contributed by atoms with Crippen LogP contribution in [0.15, 0.2) is 18.2 Å². The van der Waals surface area contributed by atoms with Crippen molar-refractivity contribution in [2.24, 2.45) is 17.3 Å². The molecule has 5 nitrogen and oxygen atoms in total. The van der Waals surface area contributed by atoms with Crippen molar-refractivity contribution in [2.45, 2.75) is 56.9 Å². The number of hydrogen-bond acceptors (Lipinski definition) is 5. The van der Waals surface area contributed by atoms with Crippen molar-refractivity contribution in [1.29, 1.82) is 0 Å². The number of rotatable bonds is 2. The zero-order chi connectivity index (χ0) is 22.3. The Labute approximate surface area is 188 Å². The summed E-state index contributed by atoms with van der Waals surface area (Å²) in [6, 6.07) is 0.865. The van der Waals surface area contributed by atoms with E-state index in [1.165, 1.54) is 6.07 Å². The van der Waals surface area contributed by atoms with E-state index in [9.17, 15) is 18.1 Å². The molecule has 0 heterocycles. The molecule has 0 bridgehead atoms. The first kappa shape index (κ1) is 16.3. The third-order valence-electron chi connectivity index (χ3n) is 6.72. The number of fused-ring (bicyclic) bond motifs is 5. The Balaban J connectivity index is 0.00000272. The van der Waals surface area contributed by atoms with E-state index in [1.807, 2.05) is 6.92 Å². The molecule has 2 saturated carbocycles. The zero-order valence-corrected chi connectivity index (χ0v) is 18.2.